The SMILES string of the molecule is C.C[C@]12C=CC(=O)C=C1CC[C@H]1[C@@H]3C[C@@H](O)[C@](O)(C(=O)CO)[C@@]3(C)C[C@H](O)[C@@]12F.C[C@]12C=CC(=O)C=C1CC[C@H]1[C@@H]3C[C@H]4O[C@@H](c5ccc(C#Cc6cccc(N)c6)cc5)O[C@@]4(C(=O)CO)[C@@]3(C)C[C@H](O)[C@@]12F.C[C@]12C=CC(=O)C=C1CC[C@H]1[C@@H]3C[C@H]4O[C@H](c5ccc(C#Cc6cccc(N)c6)cc5)O[C@@]4(C(=O)CO)[C@@]3(C)C[C@H](O)[C@@]12F.Cc1cccc(C#Cc2ccc(C=O)cc2)c1. The van der Waals surface area contributed by atoms with E-state index in [1.807, 2.05) is 130 Å². The lowest BCUT2D eigenvalue weighted by Crippen LogP contribution is -2.69. The fourth-order valence-electron chi connectivity index (χ4n) is 26.8. The zero-order valence-corrected chi connectivity index (χ0v) is 75.2. The number of aryl methyl sites for hydroxylation is 1. The first-order valence-electron chi connectivity index (χ1n) is 45.7. The van der Waals surface area contributed by atoms with Crippen LogP contribution in [0.4, 0.5) is 24.5 Å². The highest BCUT2D eigenvalue weighted by molar-refractivity contribution is 6.03. The number of halogens is 3. The standard InChI is InChI=1S/2C36H36FNO6.C21H27FO6.C16H12O.CH4/c2*1-33-15-14-26(40)17-24(33)12-13-27-28-18-31-36(30(42)20-39,34(28,2)19-29(41)35(27,33)37)44-32(43-31)23-10-8-21(9-11-23)6-7-22-4-3-5-25(38)16-22;1-18-6-5-12(24)7-11(18)3-4-13-14-8-15(25)21(28,17(27)10-23)19(14,2)9-16(26)20(13,18)22;1-13-3-2-4-15(11-13)8-5-14-6-9-16(12-17)10-7-14;/h2*3-5,8-11,14-17,27-29,31-32,39,41H,12-13,18-20,38H2,1-2H3;5-7,13-16,23,25-26,28H,3-4,8-10H2,1-2H3;2-4,6-7,9-12H,1H3;1H4/t27-,28-,29-,31+,32+,33-,34-,35-,36+;27-,28-,29-,31+,32-,33-,34-,35-,36+;13-,14-,15+,16-,18-,19-,20-,21-;;/m000../s1. The smallest absolute Gasteiger partial charge is 0.193 e. The summed E-state index contributed by atoms with van der Waals surface area (Å²) in [4.78, 5) is 86.4. The molecule has 20 rings (SSSR count). The van der Waals surface area contributed by atoms with Gasteiger partial charge < -0.3 is 71.3 Å². The number of carbonyl (C=O) groups is 7. The number of carbonyl (C=O) groups excluding carboxylic acids is 7. The number of hydrogen-bond donors (Lipinski definition) is 10. The molecule has 134 heavy (non-hydrogen) atoms. The maximum Gasteiger partial charge on any atom is 0.193 e. The first-order valence-corrected chi connectivity index (χ1v) is 45.7. The maximum atomic E-state index is 17.5. The second-order valence-corrected chi connectivity index (χ2v) is 40.0. The van der Waals surface area contributed by atoms with Crippen LogP contribution in [0.25, 0.3) is 0 Å². The van der Waals surface area contributed by atoms with Crippen molar-refractivity contribution in [2.75, 3.05) is 31.3 Å². The Bertz CT molecular complexity index is 5900. The van der Waals surface area contributed by atoms with Gasteiger partial charge in [0.05, 0.1) is 36.6 Å². The molecule has 12 aliphatic carbocycles. The Morgan fingerprint density at radius 1 is 0.433 bits per heavy atom. The molecule has 26 atom stereocenters. The molecule has 14 aliphatic rings. The summed E-state index contributed by atoms with van der Waals surface area (Å²) in [6, 6.07) is 44.7. The van der Waals surface area contributed by atoms with E-state index in [0.29, 0.717) is 96.2 Å². The number of allylic oxidation sites excluding steroid dienone is 12. The number of aldehydes is 1. The van der Waals surface area contributed by atoms with Crippen molar-refractivity contribution in [1.29, 1.82) is 0 Å². The molecule has 6 aromatic carbocycles. The van der Waals surface area contributed by atoms with Gasteiger partial charge in [-0.2, -0.15) is 0 Å². The number of nitrogens with two attached hydrogens (primary N) is 2. The number of fused-ring (bicyclic) bond motifs is 19. The maximum absolute atomic E-state index is 17.5. The van der Waals surface area contributed by atoms with Crippen LogP contribution in [-0.4, -0.2) is 172 Å². The first-order chi connectivity index (χ1) is 63.2. The summed E-state index contributed by atoms with van der Waals surface area (Å²) in [7, 11) is 0. The van der Waals surface area contributed by atoms with E-state index in [2.05, 4.69) is 35.5 Å². The molecule has 2 aliphatic heterocycles. The number of anilines is 2. The third-order valence-corrected chi connectivity index (χ3v) is 33.6. The molecule has 0 bridgehead atoms. The minimum Gasteiger partial charge on any atom is -0.399 e. The van der Waals surface area contributed by atoms with Crippen LogP contribution in [0.5, 0.6) is 0 Å². The van der Waals surface area contributed by atoms with Gasteiger partial charge in [0.2, 0.25) is 0 Å². The van der Waals surface area contributed by atoms with Gasteiger partial charge in [0.1, 0.15) is 26.1 Å². The summed E-state index contributed by atoms with van der Waals surface area (Å²) in [5.74, 6) is 12.9. The molecule has 2 saturated heterocycles. The van der Waals surface area contributed by atoms with Crippen molar-refractivity contribution < 1.29 is 107 Å². The average molecular weight is 1830 g/mol. The average Bonchev–Trinajstić information content (AvgIpc) is 1.49. The van der Waals surface area contributed by atoms with Crippen molar-refractivity contribution in [2.24, 2.45) is 68.0 Å². The topological polar surface area (TPSA) is 370 Å². The van der Waals surface area contributed by atoms with E-state index in [9.17, 15) is 74.4 Å². The Morgan fingerprint density at radius 3 is 1.10 bits per heavy atom. The van der Waals surface area contributed by atoms with Crippen molar-refractivity contribution in [1.82, 2.24) is 0 Å². The second-order valence-electron chi connectivity index (χ2n) is 40.0. The Balaban J connectivity index is 0.000000137. The molecule has 0 unspecified atom stereocenters. The van der Waals surface area contributed by atoms with E-state index in [-0.39, 0.29) is 62.3 Å². The lowest BCUT2D eigenvalue weighted by atomic mass is 9.44. The van der Waals surface area contributed by atoms with Gasteiger partial charge in [0, 0.05) is 112 Å². The van der Waals surface area contributed by atoms with Crippen LogP contribution >= 0.6 is 0 Å². The molecule has 12 N–H and O–H groups in total. The van der Waals surface area contributed by atoms with E-state index in [0.717, 1.165) is 39.7 Å². The van der Waals surface area contributed by atoms with E-state index in [1.165, 1.54) is 48.1 Å². The number of alkyl halides is 3. The number of ketones is 6. The van der Waals surface area contributed by atoms with Gasteiger partial charge in [0.25, 0.3) is 0 Å². The number of aliphatic hydroxyl groups is 8. The van der Waals surface area contributed by atoms with E-state index >= 15 is 13.2 Å². The summed E-state index contributed by atoms with van der Waals surface area (Å²) < 4.78 is 77.9. The van der Waals surface area contributed by atoms with Crippen LogP contribution in [0.3, 0.4) is 0 Å². The Kier molecular flexibility index (Phi) is 25.3. The van der Waals surface area contributed by atoms with E-state index < -0.39 is 176 Å². The number of rotatable bonds is 9. The van der Waals surface area contributed by atoms with E-state index in [4.69, 9.17) is 30.4 Å². The van der Waals surface area contributed by atoms with Gasteiger partial charge >= 0.3 is 0 Å². The highest BCUT2D eigenvalue weighted by Gasteiger charge is 2.83. The molecule has 700 valence electrons. The third kappa shape index (κ3) is 14.7. The molecular weight excluding hydrogens is 1710 g/mol. The number of benzene rings is 6. The van der Waals surface area contributed by atoms with Crippen molar-refractivity contribution in [3.8, 4) is 35.5 Å². The predicted molar refractivity (Wildman–Crippen MR) is 494 cm³/mol. The Hall–Kier alpha value is -11.0. The molecule has 0 aromatic heterocycles. The van der Waals surface area contributed by atoms with Gasteiger partial charge in [-0.1, -0.05) is 159 Å². The van der Waals surface area contributed by atoms with Crippen LogP contribution in [0.1, 0.15) is 199 Å². The normalized spacial score (nSPS) is 38.5. The minimum atomic E-state index is -2.23. The third-order valence-electron chi connectivity index (χ3n) is 33.6. The summed E-state index contributed by atoms with van der Waals surface area (Å²) in [5.41, 5.74) is 5.09. The molecule has 11 fully saturated rings. The van der Waals surface area contributed by atoms with Crippen molar-refractivity contribution in [2.45, 2.75) is 216 Å². The molecule has 9 saturated carbocycles. The Labute approximate surface area is 778 Å². The molecule has 6 aromatic rings. The van der Waals surface area contributed by atoms with Crippen LogP contribution in [0.2, 0.25) is 0 Å². The van der Waals surface area contributed by atoms with Crippen molar-refractivity contribution in [3.63, 3.8) is 0 Å². The largest absolute Gasteiger partial charge is 0.399 e. The summed E-state index contributed by atoms with van der Waals surface area (Å²) in [5, 5.41) is 85.8. The van der Waals surface area contributed by atoms with Gasteiger partial charge in [-0.15, -0.1) is 0 Å². The first kappa shape index (κ1) is 96.2. The number of nitrogen functional groups attached to an aromatic ring is 2. The fourth-order valence-corrected chi connectivity index (χ4v) is 26.8. The minimum absolute atomic E-state index is 0. The highest BCUT2D eigenvalue weighted by Crippen LogP contribution is 2.76. The van der Waals surface area contributed by atoms with Crippen LogP contribution in [-0.2, 0) is 47.7 Å². The zero-order chi connectivity index (χ0) is 94.9. The summed E-state index contributed by atoms with van der Waals surface area (Å²) in [6.45, 7) is 10.1. The van der Waals surface area contributed by atoms with Crippen LogP contribution in [0.15, 0.2) is 217 Å². The van der Waals surface area contributed by atoms with Crippen molar-refractivity contribution in [3.05, 3.63) is 273 Å². The molecule has 0 amide bonds. The van der Waals surface area contributed by atoms with Gasteiger partial charge in [-0.05, 0) is 249 Å². The molecule has 2 heterocycles. The van der Waals surface area contributed by atoms with Crippen molar-refractivity contribution >= 4 is 52.4 Å². The number of Topliss-reactive ketones (excluding diaryl/α,β-unsaturated/α-hetero) is 3. The predicted octanol–water partition coefficient (Wildman–Crippen LogP) is 13.2. The van der Waals surface area contributed by atoms with Crippen LogP contribution < -0.4 is 11.5 Å². The number of hydrogen-bond acceptors (Lipinski definition) is 21. The van der Waals surface area contributed by atoms with Gasteiger partial charge in [-0.3, -0.25) is 33.6 Å². The number of ether oxygens (including phenoxy) is 4. The Morgan fingerprint density at radius 2 is 0.761 bits per heavy atom. The lowest BCUT2D eigenvalue weighted by Gasteiger charge is -2.62. The quantitative estimate of drug-likeness (QED) is 0.0365. The summed E-state index contributed by atoms with van der Waals surface area (Å²) >= 11 is 0. The van der Waals surface area contributed by atoms with E-state index in [1.54, 1.807) is 76.2 Å². The van der Waals surface area contributed by atoms with Gasteiger partial charge in [0.15, 0.2) is 81.1 Å². The molecule has 0 spiro atoms. The monoisotopic (exact) mass is 1820 g/mol. The van der Waals surface area contributed by atoms with Gasteiger partial charge in [-0.25, -0.2) is 13.2 Å². The molecule has 21 nitrogen and oxygen atoms in total. The summed E-state index contributed by atoms with van der Waals surface area (Å²) in [6.07, 6.45) is 8.17. The molecule has 0 radical (unpaired) electrons. The molecule has 24 heteroatoms. The number of aliphatic hydroxyl groups excluding tert-OH is 7. The lowest BCUT2D eigenvalue weighted by molar-refractivity contribution is -0.231. The van der Waals surface area contributed by atoms with Crippen LogP contribution in [0, 0.1) is 110 Å². The zero-order valence-electron chi connectivity index (χ0n) is 75.2. The molecular formula is C110H115F3N2O19. The second kappa shape index (κ2) is 35.3. The highest BCUT2D eigenvalue weighted by atomic mass is 19.2. The fraction of sp³-hybridized carbons (Fsp3) is 0.445.